The molecule has 3 aliphatic heterocycles. The number of fused-ring (bicyclic) bond motifs is 1. The Hall–Kier alpha value is -2.07. The van der Waals surface area contributed by atoms with Crippen LogP contribution in [0.4, 0.5) is 5.82 Å². The molecule has 0 bridgehead atoms. The van der Waals surface area contributed by atoms with Gasteiger partial charge in [-0.25, -0.2) is 9.50 Å². The molecule has 1 amide bonds. The SMILES string of the molecule is CC1(C)O[C@@H]2[C@@H](CO)O[C@@H](c3cc4c5c(ncnn35)NC(=O)CC4)[C@]2(C)O1. The van der Waals surface area contributed by atoms with Crippen LogP contribution in [0.1, 0.15) is 44.6 Å². The van der Waals surface area contributed by atoms with Gasteiger partial charge in [-0.1, -0.05) is 0 Å². The van der Waals surface area contributed by atoms with Gasteiger partial charge in [0, 0.05) is 6.42 Å². The molecule has 0 radical (unpaired) electrons. The number of aryl methyl sites for hydroxylation is 1. The van der Waals surface area contributed by atoms with Crippen LogP contribution in [0.5, 0.6) is 0 Å². The molecule has 0 unspecified atom stereocenters. The van der Waals surface area contributed by atoms with Crippen molar-refractivity contribution < 1.29 is 24.1 Å². The van der Waals surface area contributed by atoms with Gasteiger partial charge in [0.1, 0.15) is 35.8 Å². The number of ether oxygens (including phenoxy) is 3. The summed E-state index contributed by atoms with van der Waals surface area (Å²) in [5.41, 5.74) is 1.77. The van der Waals surface area contributed by atoms with E-state index < -0.39 is 29.7 Å². The highest BCUT2D eigenvalue weighted by molar-refractivity contribution is 5.96. The molecule has 2 fully saturated rings. The summed E-state index contributed by atoms with van der Waals surface area (Å²) in [4.78, 5) is 16.1. The third-order valence-corrected chi connectivity index (χ3v) is 5.60. The number of nitrogens with zero attached hydrogens (tertiary/aromatic N) is 3. The number of aliphatic hydroxyl groups is 1. The zero-order valence-electron chi connectivity index (χ0n) is 15.4. The van der Waals surface area contributed by atoms with Gasteiger partial charge in [-0.05, 0) is 38.8 Å². The largest absolute Gasteiger partial charge is 0.394 e. The maximum Gasteiger partial charge on any atom is 0.225 e. The zero-order valence-corrected chi connectivity index (χ0v) is 15.4. The summed E-state index contributed by atoms with van der Waals surface area (Å²) in [6, 6.07) is 2.00. The van der Waals surface area contributed by atoms with Crippen molar-refractivity contribution in [1.29, 1.82) is 0 Å². The monoisotopic (exact) mass is 374 g/mol. The number of carbonyl (C=O) groups is 1. The second kappa shape index (κ2) is 5.48. The van der Waals surface area contributed by atoms with Crippen molar-refractivity contribution in [2.45, 2.75) is 63.3 Å². The first-order valence-corrected chi connectivity index (χ1v) is 9.12. The van der Waals surface area contributed by atoms with Crippen molar-refractivity contribution in [2.75, 3.05) is 11.9 Å². The van der Waals surface area contributed by atoms with Gasteiger partial charge in [-0.15, -0.1) is 0 Å². The summed E-state index contributed by atoms with van der Waals surface area (Å²) in [6.07, 6.45) is 1.01. The van der Waals surface area contributed by atoms with Gasteiger partial charge in [0.2, 0.25) is 5.91 Å². The maximum absolute atomic E-state index is 11.9. The molecule has 9 heteroatoms. The number of amides is 1. The van der Waals surface area contributed by atoms with E-state index in [9.17, 15) is 9.90 Å². The molecule has 0 spiro atoms. The van der Waals surface area contributed by atoms with E-state index in [0.29, 0.717) is 18.7 Å². The highest BCUT2D eigenvalue weighted by atomic mass is 16.8. The number of rotatable bonds is 2. The van der Waals surface area contributed by atoms with Crippen LogP contribution in [-0.2, 0) is 25.4 Å². The Labute approximate surface area is 155 Å². The van der Waals surface area contributed by atoms with E-state index >= 15 is 0 Å². The van der Waals surface area contributed by atoms with E-state index in [0.717, 1.165) is 16.8 Å². The average Bonchev–Trinajstić information content (AvgIpc) is 3.12. The number of hydrogen-bond donors (Lipinski definition) is 2. The predicted molar refractivity (Wildman–Crippen MR) is 93.1 cm³/mol. The summed E-state index contributed by atoms with van der Waals surface area (Å²) >= 11 is 0. The van der Waals surface area contributed by atoms with Gasteiger partial charge in [0.25, 0.3) is 0 Å². The van der Waals surface area contributed by atoms with Gasteiger partial charge in [-0.2, -0.15) is 5.10 Å². The Bertz CT molecular complexity index is 941. The second-order valence-electron chi connectivity index (χ2n) is 7.97. The first-order chi connectivity index (χ1) is 12.8. The lowest BCUT2D eigenvalue weighted by Gasteiger charge is -2.29. The van der Waals surface area contributed by atoms with Crippen molar-refractivity contribution in [2.24, 2.45) is 0 Å². The number of hydrogen-bond acceptors (Lipinski definition) is 7. The van der Waals surface area contributed by atoms with E-state index in [1.807, 2.05) is 26.8 Å². The molecule has 4 atom stereocenters. The van der Waals surface area contributed by atoms with Crippen molar-refractivity contribution in [1.82, 2.24) is 14.6 Å². The van der Waals surface area contributed by atoms with Crippen molar-refractivity contribution in [3.63, 3.8) is 0 Å². The van der Waals surface area contributed by atoms with Gasteiger partial charge < -0.3 is 24.6 Å². The summed E-state index contributed by atoms with van der Waals surface area (Å²) in [7, 11) is 0. The zero-order chi connectivity index (χ0) is 19.0. The first kappa shape index (κ1) is 17.1. The lowest BCUT2D eigenvalue weighted by molar-refractivity contribution is -0.207. The molecule has 27 heavy (non-hydrogen) atoms. The molecular formula is C18H22N4O5. The lowest BCUT2D eigenvalue weighted by atomic mass is 9.91. The van der Waals surface area contributed by atoms with Crippen LogP contribution < -0.4 is 5.32 Å². The quantitative estimate of drug-likeness (QED) is 0.806. The number of nitrogens with one attached hydrogen (secondary N) is 1. The van der Waals surface area contributed by atoms with E-state index in [-0.39, 0.29) is 12.5 Å². The number of aromatic nitrogens is 3. The molecule has 5 heterocycles. The molecule has 2 aromatic heterocycles. The summed E-state index contributed by atoms with van der Waals surface area (Å²) in [5.74, 6) is -0.340. The molecule has 2 N–H and O–H groups in total. The number of carbonyl (C=O) groups excluding carboxylic acids is 1. The number of anilines is 1. The summed E-state index contributed by atoms with van der Waals surface area (Å²) < 4.78 is 20.2. The Morgan fingerprint density at radius 2 is 2.19 bits per heavy atom. The topological polar surface area (TPSA) is 107 Å². The van der Waals surface area contributed by atoms with Crippen LogP contribution in [0.3, 0.4) is 0 Å². The molecule has 9 nitrogen and oxygen atoms in total. The Balaban J connectivity index is 1.66. The minimum Gasteiger partial charge on any atom is -0.394 e. The minimum atomic E-state index is -0.777. The molecule has 0 saturated carbocycles. The van der Waals surface area contributed by atoms with E-state index in [2.05, 4.69) is 15.4 Å². The molecule has 2 saturated heterocycles. The van der Waals surface area contributed by atoms with Crippen LogP contribution in [0.15, 0.2) is 12.4 Å². The fourth-order valence-electron chi connectivity index (χ4n) is 4.62. The molecule has 144 valence electrons. The third-order valence-electron chi connectivity index (χ3n) is 5.60. The molecule has 0 aliphatic carbocycles. The van der Waals surface area contributed by atoms with Crippen LogP contribution in [0.2, 0.25) is 0 Å². The van der Waals surface area contributed by atoms with Crippen LogP contribution in [-0.4, -0.2) is 55.8 Å². The smallest absolute Gasteiger partial charge is 0.225 e. The maximum atomic E-state index is 11.9. The standard InChI is InChI=1S/C18H22N4O5/c1-17(2)26-15-11(7-23)25-14(18(15,3)27-17)10-6-9-4-5-12(24)21-16-13(9)22(10)20-8-19-16/h6,8,11,14-15,23H,4-5,7H2,1-3H3,(H,19,20,21,24)/t11-,14+,15-,18+/m1/s1. The Morgan fingerprint density at radius 1 is 1.37 bits per heavy atom. The van der Waals surface area contributed by atoms with Crippen molar-refractivity contribution in [3.8, 4) is 0 Å². The van der Waals surface area contributed by atoms with Crippen LogP contribution >= 0.6 is 0 Å². The highest BCUT2D eigenvalue weighted by Gasteiger charge is 2.64. The van der Waals surface area contributed by atoms with Gasteiger partial charge in [0.05, 0.1) is 12.3 Å². The second-order valence-corrected chi connectivity index (χ2v) is 7.97. The molecule has 2 aromatic rings. The average molecular weight is 374 g/mol. The van der Waals surface area contributed by atoms with Gasteiger partial charge in [0.15, 0.2) is 11.6 Å². The molecule has 0 aromatic carbocycles. The minimum absolute atomic E-state index is 0.0629. The fourth-order valence-corrected chi connectivity index (χ4v) is 4.62. The van der Waals surface area contributed by atoms with Crippen molar-refractivity contribution >= 4 is 17.2 Å². The number of aliphatic hydroxyl groups excluding tert-OH is 1. The van der Waals surface area contributed by atoms with Crippen LogP contribution in [0, 0.1) is 0 Å². The van der Waals surface area contributed by atoms with E-state index in [1.54, 1.807) is 4.52 Å². The highest BCUT2D eigenvalue weighted by Crippen LogP contribution is 2.53. The fraction of sp³-hybridized carbons (Fsp3) is 0.611. The Kier molecular flexibility index (Phi) is 3.46. The van der Waals surface area contributed by atoms with Gasteiger partial charge in [-0.3, -0.25) is 4.79 Å². The third kappa shape index (κ3) is 2.35. The predicted octanol–water partition coefficient (Wildman–Crippen LogP) is 0.956. The normalized spacial score (nSPS) is 34.5. The summed E-state index contributed by atoms with van der Waals surface area (Å²) in [6.45, 7) is 5.50. The lowest BCUT2D eigenvalue weighted by Crippen LogP contribution is -2.40. The Morgan fingerprint density at radius 3 is 2.96 bits per heavy atom. The molecule has 3 aliphatic rings. The molecule has 5 rings (SSSR count). The van der Waals surface area contributed by atoms with E-state index in [4.69, 9.17) is 14.2 Å². The summed E-state index contributed by atoms with van der Waals surface area (Å²) in [5, 5.41) is 17.0. The first-order valence-electron chi connectivity index (χ1n) is 9.12. The molecular weight excluding hydrogens is 352 g/mol. The van der Waals surface area contributed by atoms with Crippen LogP contribution in [0.25, 0.3) is 5.52 Å². The van der Waals surface area contributed by atoms with E-state index in [1.165, 1.54) is 6.33 Å². The van der Waals surface area contributed by atoms with Gasteiger partial charge >= 0.3 is 0 Å². The van der Waals surface area contributed by atoms with Crippen molar-refractivity contribution in [3.05, 3.63) is 23.7 Å².